The molecule has 0 spiro atoms. The van der Waals surface area contributed by atoms with E-state index >= 15 is 0 Å². The molecule has 0 bridgehead atoms. The largest absolute Gasteiger partial charge is 0.245 e. The van der Waals surface area contributed by atoms with E-state index in [0.29, 0.717) is 16.1 Å². The molecular weight excluding hydrogens is 369 g/mol. The summed E-state index contributed by atoms with van der Waals surface area (Å²) in [5, 5.41) is 8.16. The average Bonchev–Trinajstić information content (AvgIpc) is 2.56. The van der Waals surface area contributed by atoms with E-state index in [1.165, 1.54) is 24.3 Å². The van der Waals surface area contributed by atoms with Crippen molar-refractivity contribution in [2.24, 2.45) is 0 Å². The molecule has 1 heterocycles. The molecule has 2 aromatic carbocycles. The molecule has 0 amide bonds. The van der Waals surface area contributed by atoms with Gasteiger partial charge >= 0.3 is 0 Å². The monoisotopic (exact) mass is 377 g/mol. The highest BCUT2D eigenvalue weighted by Gasteiger charge is 2.33. The predicted molar refractivity (Wildman–Crippen MR) is 91.5 cm³/mol. The smallest absolute Gasteiger partial charge is 0.200 e. The molecule has 0 saturated carbocycles. The number of sulfone groups is 1. The number of halogens is 2. The van der Waals surface area contributed by atoms with Gasteiger partial charge in [0, 0.05) is 5.02 Å². The van der Waals surface area contributed by atoms with E-state index in [0.717, 1.165) is 0 Å². The Morgan fingerprint density at radius 3 is 2.12 bits per heavy atom. The molecule has 3 aromatic rings. The zero-order chi connectivity index (χ0) is 17.3. The molecule has 1 unspecified atom stereocenters. The summed E-state index contributed by atoms with van der Waals surface area (Å²) >= 11 is 11.9. The van der Waals surface area contributed by atoms with Crippen molar-refractivity contribution >= 4 is 44.1 Å². The highest BCUT2D eigenvalue weighted by molar-refractivity contribution is 7.92. The molecule has 0 radical (unpaired) electrons. The second-order valence-corrected chi connectivity index (χ2v) is 7.72. The number of aromatic nitrogens is 2. The summed E-state index contributed by atoms with van der Waals surface area (Å²) in [7, 11) is -4.02. The van der Waals surface area contributed by atoms with E-state index in [1.807, 2.05) is 0 Å². The maximum absolute atomic E-state index is 12.8. The van der Waals surface area contributed by atoms with Gasteiger partial charge < -0.3 is 0 Å². The minimum Gasteiger partial charge on any atom is -0.245 e. The number of para-hydroxylation sites is 2. The normalized spacial score (nSPS) is 12.7. The minimum atomic E-state index is -4.02. The van der Waals surface area contributed by atoms with Crippen molar-refractivity contribution in [1.29, 1.82) is 5.26 Å². The third kappa shape index (κ3) is 2.94. The molecular formula is C16H9Cl2N3O2S. The Balaban J connectivity index is 2.17. The third-order valence-electron chi connectivity index (χ3n) is 3.37. The van der Waals surface area contributed by atoms with Crippen LogP contribution in [0.15, 0.2) is 53.4 Å². The zero-order valence-corrected chi connectivity index (χ0v) is 14.3. The van der Waals surface area contributed by atoms with Crippen LogP contribution in [0.4, 0.5) is 0 Å². The van der Waals surface area contributed by atoms with Gasteiger partial charge in [0.1, 0.15) is 5.69 Å². The van der Waals surface area contributed by atoms with Crippen LogP contribution >= 0.6 is 23.2 Å². The summed E-state index contributed by atoms with van der Waals surface area (Å²) in [5.41, 5.74) is 0.892. The fraction of sp³-hybridized carbons (Fsp3) is 0.0625. The van der Waals surface area contributed by atoms with E-state index < -0.39 is 15.1 Å². The number of nitriles is 1. The lowest BCUT2D eigenvalue weighted by atomic mass is 10.2. The van der Waals surface area contributed by atoms with Crippen molar-refractivity contribution in [2.75, 3.05) is 0 Å². The lowest BCUT2D eigenvalue weighted by Crippen LogP contribution is -2.15. The molecule has 0 aliphatic heterocycles. The summed E-state index contributed by atoms with van der Waals surface area (Å²) in [4.78, 5) is 8.33. The van der Waals surface area contributed by atoms with Gasteiger partial charge in [-0.25, -0.2) is 18.4 Å². The van der Waals surface area contributed by atoms with E-state index in [1.54, 1.807) is 30.3 Å². The van der Waals surface area contributed by atoms with Gasteiger partial charge in [-0.2, -0.15) is 5.26 Å². The van der Waals surface area contributed by atoms with Gasteiger partial charge in [-0.3, -0.25) is 0 Å². The fourth-order valence-corrected chi connectivity index (χ4v) is 4.01. The Morgan fingerprint density at radius 2 is 1.54 bits per heavy atom. The maximum atomic E-state index is 12.8. The highest BCUT2D eigenvalue weighted by atomic mass is 35.5. The molecule has 0 saturated heterocycles. The van der Waals surface area contributed by atoms with Crippen LogP contribution in [0.5, 0.6) is 0 Å². The number of benzene rings is 2. The van der Waals surface area contributed by atoms with Crippen molar-refractivity contribution in [3.63, 3.8) is 0 Å². The summed E-state index contributed by atoms with van der Waals surface area (Å²) in [6.45, 7) is 0. The van der Waals surface area contributed by atoms with Crippen LogP contribution in [0.2, 0.25) is 10.2 Å². The van der Waals surface area contributed by atoms with Crippen molar-refractivity contribution in [3.8, 4) is 6.07 Å². The second kappa shape index (κ2) is 6.36. The molecule has 3 rings (SSSR count). The number of hydrogen-bond acceptors (Lipinski definition) is 5. The van der Waals surface area contributed by atoms with Crippen LogP contribution in [0.3, 0.4) is 0 Å². The molecule has 0 fully saturated rings. The molecule has 1 atom stereocenters. The molecule has 1 aromatic heterocycles. The standard InChI is InChI=1S/C16H9Cl2N3O2S/c17-10-5-7-11(8-6-10)24(22,23)14(9-19)15-16(18)21-13-4-2-1-3-12(13)20-15/h1-8,14H. The van der Waals surface area contributed by atoms with Gasteiger partial charge in [-0.1, -0.05) is 35.3 Å². The number of hydrogen-bond donors (Lipinski definition) is 0. The van der Waals surface area contributed by atoms with Crippen LogP contribution in [-0.2, 0) is 9.84 Å². The molecule has 5 nitrogen and oxygen atoms in total. The molecule has 24 heavy (non-hydrogen) atoms. The first-order valence-corrected chi connectivity index (χ1v) is 9.05. The van der Waals surface area contributed by atoms with E-state index in [2.05, 4.69) is 9.97 Å². The van der Waals surface area contributed by atoms with Gasteiger partial charge in [-0.05, 0) is 36.4 Å². The van der Waals surface area contributed by atoms with E-state index in [-0.39, 0.29) is 15.7 Å². The van der Waals surface area contributed by atoms with Crippen molar-refractivity contribution < 1.29 is 8.42 Å². The van der Waals surface area contributed by atoms with E-state index in [9.17, 15) is 13.7 Å². The van der Waals surface area contributed by atoms with E-state index in [4.69, 9.17) is 23.2 Å². The Bertz CT molecular complexity index is 1060. The number of rotatable bonds is 3. The molecule has 0 N–H and O–H groups in total. The lowest BCUT2D eigenvalue weighted by molar-refractivity contribution is 0.590. The van der Waals surface area contributed by atoms with Gasteiger partial charge in [0.15, 0.2) is 10.4 Å². The summed E-state index contributed by atoms with van der Waals surface area (Å²) in [5.74, 6) is 0. The molecule has 0 aliphatic carbocycles. The first-order valence-electron chi connectivity index (χ1n) is 6.75. The van der Waals surface area contributed by atoms with Crippen molar-refractivity contribution in [3.05, 3.63) is 64.4 Å². The Hall–Kier alpha value is -2.20. The predicted octanol–water partition coefficient (Wildman–Crippen LogP) is 3.98. The van der Waals surface area contributed by atoms with Crippen LogP contribution in [0.1, 0.15) is 10.9 Å². The molecule has 8 heteroatoms. The van der Waals surface area contributed by atoms with Gasteiger partial charge in [0.2, 0.25) is 9.84 Å². The van der Waals surface area contributed by atoms with Crippen molar-refractivity contribution in [2.45, 2.75) is 10.1 Å². The SMILES string of the molecule is N#CC(c1nc2ccccc2nc1Cl)S(=O)(=O)c1ccc(Cl)cc1. The Morgan fingerprint density at radius 1 is 0.958 bits per heavy atom. The lowest BCUT2D eigenvalue weighted by Gasteiger charge is -2.12. The average molecular weight is 378 g/mol. The van der Waals surface area contributed by atoms with Crippen LogP contribution < -0.4 is 0 Å². The fourth-order valence-electron chi connectivity index (χ4n) is 2.20. The van der Waals surface area contributed by atoms with Crippen molar-refractivity contribution in [1.82, 2.24) is 9.97 Å². The molecule has 0 aliphatic rings. The van der Waals surface area contributed by atoms with Gasteiger partial charge in [0.05, 0.1) is 22.0 Å². The van der Waals surface area contributed by atoms with Gasteiger partial charge in [-0.15, -0.1) is 0 Å². The quantitative estimate of drug-likeness (QED) is 0.689. The third-order valence-corrected chi connectivity index (χ3v) is 5.78. The first-order chi connectivity index (χ1) is 11.4. The summed E-state index contributed by atoms with van der Waals surface area (Å²) in [6, 6.07) is 14.2. The second-order valence-electron chi connectivity index (χ2n) is 4.90. The number of nitrogens with zero attached hydrogens (tertiary/aromatic N) is 3. The first kappa shape index (κ1) is 16.7. The van der Waals surface area contributed by atoms with Crippen LogP contribution in [0, 0.1) is 11.3 Å². The molecule has 120 valence electrons. The van der Waals surface area contributed by atoms with Crippen LogP contribution in [0.25, 0.3) is 11.0 Å². The maximum Gasteiger partial charge on any atom is 0.200 e. The highest BCUT2D eigenvalue weighted by Crippen LogP contribution is 2.32. The minimum absolute atomic E-state index is 0.0375. The van der Waals surface area contributed by atoms with Gasteiger partial charge in [0.25, 0.3) is 0 Å². The summed E-state index contributed by atoms with van der Waals surface area (Å²) < 4.78 is 25.5. The number of fused-ring (bicyclic) bond motifs is 1. The van der Waals surface area contributed by atoms with Crippen LogP contribution in [-0.4, -0.2) is 18.4 Å². The summed E-state index contributed by atoms with van der Waals surface area (Å²) in [6.07, 6.45) is 0. The Labute approximate surface area is 148 Å². The zero-order valence-electron chi connectivity index (χ0n) is 12.0. The Kier molecular flexibility index (Phi) is 4.41. The topological polar surface area (TPSA) is 83.7 Å².